The predicted octanol–water partition coefficient (Wildman–Crippen LogP) is 2.58. The Morgan fingerprint density at radius 2 is 1.37 bits per heavy atom. The topological polar surface area (TPSA) is 95.6 Å². The molecule has 0 fully saturated rings. The number of hydrogen-bond donors (Lipinski definition) is 2. The van der Waals surface area contributed by atoms with Crippen LogP contribution in [-0.2, 0) is 9.59 Å². The Labute approximate surface area is 156 Å². The molecule has 2 aromatic carbocycles. The van der Waals surface area contributed by atoms with E-state index >= 15 is 0 Å². The minimum absolute atomic E-state index is 0.132. The first-order valence-corrected chi connectivity index (χ1v) is 8.57. The van der Waals surface area contributed by atoms with Gasteiger partial charge in [0, 0.05) is 17.8 Å². The van der Waals surface area contributed by atoms with Crippen molar-refractivity contribution >= 4 is 35.0 Å². The van der Waals surface area contributed by atoms with E-state index in [-0.39, 0.29) is 12.5 Å². The molecule has 7 heteroatoms. The van der Waals surface area contributed by atoms with E-state index in [0.717, 1.165) is 4.90 Å². The number of rotatable bonds is 5. The largest absolute Gasteiger partial charge is 0.326 e. The van der Waals surface area contributed by atoms with Gasteiger partial charge in [-0.15, -0.1) is 0 Å². The number of benzene rings is 2. The van der Waals surface area contributed by atoms with Crippen molar-refractivity contribution in [2.24, 2.45) is 0 Å². The Morgan fingerprint density at radius 3 is 1.89 bits per heavy atom. The van der Waals surface area contributed by atoms with Crippen LogP contribution in [0, 0.1) is 6.92 Å². The summed E-state index contributed by atoms with van der Waals surface area (Å²) in [7, 11) is 0. The molecule has 1 heterocycles. The Morgan fingerprint density at radius 1 is 0.852 bits per heavy atom. The van der Waals surface area contributed by atoms with Gasteiger partial charge in [-0.2, -0.15) is 0 Å². The highest BCUT2D eigenvalue weighted by Crippen LogP contribution is 2.25. The molecule has 1 aliphatic heterocycles. The number of anilines is 2. The number of nitrogens with zero attached hydrogens (tertiary/aromatic N) is 1. The second-order valence-electron chi connectivity index (χ2n) is 6.17. The predicted molar refractivity (Wildman–Crippen MR) is 101 cm³/mol. The van der Waals surface area contributed by atoms with Crippen molar-refractivity contribution in [1.82, 2.24) is 4.90 Å². The first kappa shape index (κ1) is 18.3. The molecule has 1 aliphatic rings. The quantitative estimate of drug-likeness (QED) is 0.796. The van der Waals surface area contributed by atoms with Crippen LogP contribution in [-0.4, -0.2) is 35.1 Å². The van der Waals surface area contributed by atoms with Crippen LogP contribution in [0.4, 0.5) is 11.4 Å². The summed E-state index contributed by atoms with van der Waals surface area (Å²) in [4.78, 5) is 49.6. The average Bonchev–Trinajstić information content (AvgIpc) is 2.90. The van der Waals surface area contributed by atoms with Crippen molar-refractivity contribution in [3.05, 3.63) is 59.2 Å². The molecular formula is C20H19N3O4. The minimum atomic E-state index is -0.494. The van der Waals surface area contributed by atoms with E-state index in [2.05, 4.69) is 10.6 Å². The molecule has 0 spiro atoms. The Hall–Kier alpha value is -3.48. The lowest BCUT2D eigenvalue weighted by molar-refractivity contribution is -0.117. The zero-order valence-electron chi connectivity index (χ0n) is 15.0. The molecule has 4 amide bonds. The van der Waals surface area contributed by atoms with Crippen LogP contribution in [0.25, 0.3) is 0 Å². The molecule has 0 radical (unpaired) electrons. The molecule has 0 bridgehead atoms. The minimum Gasteiger partial charge on any atom is -0.326 e. The number of nitrogens with one attached hydrogen (secondary N) is 2. The molecule has 2 aromatic rings. The molecule has 0 aliphatic carbocycles. The van der Waals surface area contributed by atoms with E-state index in [1.165, 1.54) is 0 Å². The van der Waals surface area contributed by atoms with Crippen LogP contribution in [0.1, 0.15) is 39.6 Å². The summed E-state index contributed by atoms with van der Waals surface area (Å²) in [6, 6.07) is 11.6. The molecule has 3 rings (SSSR count). The molecule has 0 unspecified atom stereocenters. The van der Waals surface area contributed by atoms with E-state index in [1.807, 2.05) is 0 Å². The highest BCUT2D eigenvalue weighted by molar-refractivity contribution is 6.22. The lowest BCUT2D eigenvalue weighted by atomic mass is 10.1. The summed E-state index contributed by atoms with van der Waals surface area (Å²) in [5, 5.41) is 5.46. The smallest absolute Gasteiger partial charge is 0.262 e. The van der Waals surface area contributed by atoms with Crippen LogP contribution >= 0.6 is 0 Å². The van der Waals surface area contributed by atoms with Crippen molar-refractivity contribution in [2.75, 3.05) is 17.2 Å². The van der Waals surface area contributed by atoms with Crippen LogP contribution in [0.5, 0.6) is 0 Å². The van der Waals surface area contributed by atoms with E-state index in [9.17, 15) is 19.2 Å². The molecule has 2 N–H and O–H groups in total. The summed E-state index contributed by atoms with van der Waals surface area (Å²) >= 11 is 0. The Balaban J connectivity index is 1.72. The van der Waals surface area contributed by atoms with E-state index in [1.54, 1.807) is 56.3 Å². The third-order valence-electron chi connectivity index (χ3n) is 4.38. The van der Waals surface area contributed by atoms with Gasteiger partial charge in [0.15, 0.2) is 0 Å². The number of amides is 4. The van der Waals surface area contributed by atoms with Crippen molar-refractivity contribution in [2.45, 2.75) is 20.3 Å². The van der Waals surface area contributed by atoms with Gasteiger partial charge in [0.25, 0.3) is 11.8 Å². The first-order valence-electron chi connectivity index (χ1n) is 8.57. The maximum absolute atomic E-state index is 12.4. The van der Waals surface area contributed by atoms with Crippen molar-refractivity contribution < 1.29 is 19.2 Å². The second-order valence-corrected chi connectivity index (χ2v) is 6.17. The van der Waals surface area contributed by atoms with Crippen LogP contribution < -0.4 is 10.6 Å². The SMILES string of the molecule is CCC(=O)Nc1cccc(NC(=O)CN2C(=O)c3ccccc3C2=O)c1C. The molecule has 0 saturated carbocycles. The van der Waals surface area contributed by atoms with Crippen LogP contribution in [0.2, 0.25) is 0 Å². The average molecular weight is 365 g/mol. The number of hydrogen-bond acceptors (Lipinski definition) is 4. The number of fused-ring (bicyclic) bond motifs is 1. The fourth-order valence-corrected chi connectivity index (χ4v) is 2.86. The van der Waals surface area contributed by atoms with Crippen LogP contribution in [0.3, 0.4) is 0 Å². The van der Waals surface area contributed by atoms with Crippen molar-refractivity contribution in [3.63, 3.8) is 0 Å². The molecule has 0 atom stereocenters. The molecule has 27 heavy (non-hydrogen) atoms. The van der Waals surface area contributed by atoms with Crippen LogP contribution in [0.15, 0.2) is 42.5 Å². The first-order chi connectivity index (χ1) is 12.9. The monoisotopic (exact) mass is 365 g/mol. The maximum atomic E-state index is 12.4. The highest BCUT2D eigenvalue weighted by Gasteiger charge is 2.36. The lowest BCUT2D eigenvalue weighted by Crippen LogP contribution is -2.37. The van der Waals surface area contributed by atoms with E-state index < -0.39 is 17.7 Å². The van der Waals surface area contributed by atoms with Gasteiger partial charge >= 0.3 is 0 Å². The number of carbonyl (C=O) groups is 4. The maximum Gasteiger partial charge on any atom is 0.262 e. The third kappa shape index (κ3) is 3.57. The summed E-state index contributed by atoms with van der Waals surface area (Å²) in [5.41, 5.74) is 2.40. The summed E-state index contributed by atoms with van der Waals surface area (Å²) in [6.45, 7) is 3.14. The fraction of sp³-hybridized carbons (Fsp3) is 0.200. The standard InChI is InChI=1S/C20H19N3O4/c1-3-17(24)21-15-9-6-10-16(12(15)2)22-18(25)11-23-19(26)13-7-4-5-8-14(13)20(23)27/h4-10H,3,11H2,1-2H3,(H,21,24)(H,22,25). The number of imide groups is 1. The summed E-state index contributed by atoms with van der Waals surface area (Å²) in [6.07, 6.45) is 0.343. The van der Waals surface area contributed by atoms with Gasteiger partial charge in [-0.1, -0.05) is 25.1 Å². The summed E-state index contributed by atoms with van der Waals surface area (Å²) in [5.74, 6) is -1.59. The molecule has 0 saturated heterocycles. The van der Waals surface area contributed by atoms with Gasteiger partial charge in [0.1, 0.15) is 6.54 Å². The highest BCUT2D eigenvalue weighted by atomic mass is 16.2. The van der Waals surface area contributed by atoms with Gasteiger partial charge < -0.3 is 10.6 Å². The molecule has 0 aromatic heterocycles. The van der Waals surface area contributed by atoms with E-state index in [0.29, 0.717) is 34.5 Å². The van der Waals surface area contributed by atoms with Crippen molar-refractivity contribution in [1.29, 1.82) is 0 Å². The summed E-state index contributed by atoms with van der Waals surface area (Å²) < 4.78 is 0. The lowest BCUT2D eigenvalue weighted by Gasteiger charge is -2.16. The van der Waals surface area contributed by atoms with Gasteiger partial charge in [-0.05, 0) is 36.8 Å². The third-order valence-corrected chi connectivity index (χ3v) is 4.38. The van der Waals surface area contributed by atoms with E-state index in [4.69, 9.17) is 0 Å². The fourth-order valence-electron chi connectivity index (χ4n) is 2.86. The van der Waals surface area contributed by atoms with Gasteiger partial charge in [-0.3, -0.25) is 24.1 Å². The van der Waals surface area contributed by atoms with Gasteiger partial charge in [0.05, 0.1) is 11.1 Å². The second kappa shape index (κ2) is 7.41. The van der Waals surface area contributed by atoms with Crippen molar-refractivity contribution in [3.8, 4) is 0 Å². The zero-order valence-corrected chi connectivity index (χ0v) is 15.0. The number of carbonyl (C=O) groups excluding carboxylic acids is 4. The normalized spacial score (nSPS) is 12.7. The zero-order chi connectivity index (χ0) is 19.6. The Bertz CT molecular complexity index is 917. The molecule has 7 nitrogen and oxygen atoms in total. The molecular weight excluding hydrogens is 346 g/mol. The Kier molecular flexibility index (Phi) is 5.03. The van der Waals surface area contributed by atoms with Gasteiger partial charge in [-0.25, -0.2) is 0 Å². The molecule has 138 valence electrons. The van der Waals surface area contributed by atoms with Gasteiger partial charge in [0.2, 0.25) is 11.8 Å².